The molecule has 1 fully saturated rings. The van der Waals surface area contributed by atoms with Crippen LogP contribution in [0.4, 0.5) is 0 Å². The zero-order valence-corrected chi connectivity index (χ0v) is 15.5. The van der Waals surface area contributed by atoms with Gasteiger partial charge in [0.1, 0.15) is 5.75 Å². The van der Waals surface area contributed by atoms with Gasteiger partial charge in [0.25, 0.3) is 5.91 Å². The Bertz CT molecular complexity index is 572. The van der Waals surface area contributed by atoms with Gasteiger partial charge in [-0.05, 0) is 44.9 Å². The minimum atomic E-state index is -0.122. The normalized spacial score (nSPS) is 17.3. The third kappa shape index (κ3) is 6.05. The van der Waals surface area contributed by atoms with Crippen molar-refractivity contribution in [2.45, 2.75) is 32.2 Å². The molecule has 0 aromatic heterocycles. The Morgan fingerprint density at radius 3 is 2.68 bits per heavy atom. The van der Waals surface area contributed by atoms with Gasteiger partial charge in [0.2, 0.25) is 5.91 Å². The molecule has 2 rings (SSSR count). The van der Waals surface area contributed by atoms with Gasteiger partial charge in [-0.2, -0.15) is 0 Å². The number of nitrogens with one attached hydrogen (secondary N) is 1. The van der Waals surface area contributed by atoms with Crippen LogP contribution in [0.15, 0.2) is 24.3 Å². The Kier molecular flexibility index (Phi) is 7.25. The zero-order chi connectivity index (χ0) is 18.2. The van der Waals surface area contributed by atoms with Crippen molar-refractivity contribution in [3.8, 4) is 5.75 Å². The van der Waals surface area contributed by atoms with Gasteiger partial charge in [0.05, 0.1) is 6.04 Å². The van der Waals surface area contributed by atoms with E-state index in [1.807, 2.05) is 31.2 Å². The average molecular weight is 347 g/mol. The van der Waals surface area contributed by atoms with Gasteiger partial charge in [-0.1, -0.05) is 17.7 Å². The molecule has 1 saturated heterocycles. The number of ether oxygens (including phenoxy) is 1. The minimum Gasteiger partial charge on any atom is -0.484 e. The lowest BCUT2D eigenvalue weighted by Gasteiger charge is -2.26. The maximum absolute atomic E-state index is 12.1. The molecular weight excluding hydrogens is 318 g/mol. The molecule has 0 unspecified atom stereocenters. The molecule has 138 valence electrons. The maximum Gasteiger partial charge on any atom is 0.257 e. The number of likely N-dealkylation sites (tertiary alicyclic amines) is 1. The number of hydrogen-bond acceptors (Lipinski definition) is 4. The van der Waals surface area contributed by atoms with Crippen molar-refractivity contribution >= 4 is 11.8 Å². The van der Waals surface area contributed by atoms with Crippen molar-refractivity contribution < 1.29 is 14.3 Å². The second-order valence-corrected chi connectivity index (χ2v) is 6.73. The Labute approximate surface area is 150 Å². The Morgan fingerprint density at radius 1 is 1.28 bits per heavy atom. The molecule has 0 saturated carbocycles. The minimum absolute atomic E-state index is 0.00410. The van der Waals surface area contributed by atoms with E-state index in [9.17, 15) is 9.59 Å². The van der Waals surface area contributed by atoms with Crippen LogP contribution in [-0.2, 0) is 9.59 Å². The summed E-state index contributed by atoms with van der Waals surface area (Å²) >= 11 is 0. The van der Waals surface area contributed by atoms with E-state index in [1.165, 1.54) is 0 Å². The van der Waals surface area contributed by atoms with Crippen molar-refractivity contribution in [1.29, 1.82) is 0 Å². The summed E-state index contributed by atoms with van der Waals surface area (Å²) in [5, 5.41) is 2.87. The van der Waals surface area contributed by atoms with Gasteiger partial charge in [-0.25, -0.2) is 0 Å². The fourth-order valence-electron chi connectivity index (χ4n) is 3.02. The summed E-state index contributed by atoms with van der Waals surface area (Å²) in [4.78, 5) is 27.8. The van der Waals surface area contributed by atoms with Crippen molar-refractivity contribution in [3.63, 3.8) is 0 Å². The highest BCUT2D eigenvalue weighted by Gasteiger charge is 2.30. The first-order valence-electron chi connectivity index (χ1n) is 8.89. The quantitative estimate of drug-likeness (QED) is 0.723. The molecule has 1 aromatic rings. The third-order valence-corrected chi connectivity index (χ3v) is 4.42. The first-order chi connectivity index (χ1) is 12.0. The number of amides is 2. The number of rotatable bonds is 8. The lowest BCUT2D eigenvalue weighted by molar-refractivity contribution is -0.133. The van der Waals surface area contributed by atoms with E-state index in [4.69, 9.17) is 4.74 Å². The molecule has 0 radical (unpaired) electrons. The van der Waals surface area contributed by atoms with E-state index < -0.39 is 0 Å². The lowest BCUT2D eigenvalue weighted by atomic mass is 10.2. The summed E-state index contributed by atoms with van der Waals surface area (Å²) in [6.45, 7) is 4.40. The molecule has 1 N–H and O–H groups in total. The molecule has 1 aromatic carbocycles. The molecule has 1 heterocycles. The summed E-state index contributed by atoms with van der Waals surface area (Å²) in [5.74, 6) is 0.749. The van der Waals surface area contributed by atoms with E-state index >= 15 is 0 Å². The van der Waals surface area contributed by atoms with Gasteiger partial charge < -0.3 is 15.0 Å². The van der Waals surface area contributed by atoms with E-state index in [-0.39, 0.29) is 24.5 Å². The predicted octanol–water partition coefficient (Wildman–Crippen LogP) is 1.43. The van der Waals surface area contributed by atoms with Gasteiger partial charge in [-0.3, -0.25) is 14.5 Å². The topological polar surface area (TPSA) is 61.9 Å². The summed E-state index contributed by atoms with van der Waals surface area (Å²) in [7, 11) is 3.60. The van der Waals surface area contributed by atoms with Crippen LogP contribution in [0, 0.1) is 6.92 Å². The molecule has 6 heteroatoms. The van der Waals surface area contributed by atoms with Gasteiger partial charge in [-0.15, -0.1) is 0 Å². The van der Waals surface area contributed by atoms with Crippen LogP contribution in [0.25, 0.3) is 0 Å². The van der Waals surface area contributed by atoms with E-state index in [0.717, 1.165) is 37.9 Å². The first kappa shape index (κ1) is 19.2. The van der Waals surface area contributed by atoms with Gasteiger partial charge in [0, 0.05) is 27.2 Å². The number of carbonyl (C=O) groups is 2. The Morgan fingerprint density at radius 2 is 2.00 bits per heavy atom. The molecule has 25 heavy (non-hydrogen) atoms. The number of aryl methyl sites for hydroxylation is 1. The van der Waals surface area contributed by atoms with E-state index in [2.05, 4.69) is 10.2 Å². The standard InChI is InChI=1S/C19H29N3O3/c1-15-7-9-16(10-8-15)25-14-18(23)20-11-5-13-22-12-4-6-17(22)19(24)21(2)3/h7-10,17H,4-6,11-14H2,1-3H3,(H,20,23)/t17-/m1/s1. The van der Waals surface area contributed by atoms with Crippen molar-refractivity contribution in [2.24, 2.45) is 0 Å². The SMILES string of the molecule is Cc1ccc(OCC(=O)NCCCN2CCC[C@@H]2C(=O)N(C)C)cc1. The molecule has 1 aliphatic rings. The van der Waals surface area contributed by atoms with E-state index in [0.29, 0.717) is 12.3 Å². The molecule has 2 amide bonds. The summed E-state index contributed by atoms with van der Waals surface area (Å²) in [6.07, 6.45) is 2.81. The molecule has 0 bridgehead atoms. The molecule has 6 nitrogen and oxygen atoms in total. The molecule has 1 atom stereocenters. The molecule has 1 aliphatic heterocycles. The molecular formula is C19H29N3O3. The van der Waals surface area contributed by atoms with Crippen molar-refractivity contribution in [3.05, 3.63) is 29.8 Å². The zero-order valence-electron chi connectivity index (χ0n) is 15.5. The molecule has 0 spiro atoms. The fourth-order valence-corrected chi connectivity index (χ4v) is 3.02. The van der Waals surface area contributed by atoms with Crippen LogP contribution in [0.2, 0.25) is 0 Å². The average Bonchev–Trinajstić information content (AvgIpc) is 3.05. The van der Waals surface area contributed by atoms with Crippen molar-refractivity contribution in [2.75, 3.05) is 40.3 Å². The highest BCUT2D eigenvalue weighted by Crippen LogP contribution is 2.18. The Hall–Kier alpha value is -2.08. The van der Waals surface area contributed by atoms with Crippen LogP contribution in [0.1, 0.15) is 24.8 Å². The summed E-state index contributed by atoms with van der Waals surface area (Å²) < 4.78 is 5.46. The van der Waals surface area contributed by atoms with E-state index in [1.54, 1.807) is 19.0 Å². The summed E-state index contributed by atoms with van der Waals surface area (Å²) in [5.41, 5.74) is 1.16. The number of carbonyl (C=O) groups excluding carboxylic acids is 2. The number of hydrogen-bond donors (Lipinski definition) is 1. The highest BCUT2D eigenvalue weighted by atomic mass is 16.5. The monoisotopic (exact) mass is 347 g/mol. The molecule has 0 aliphatic carbocycles. The van der Waals surface area contributed by atoms with Crippen molar-refractivity contribution in [1.82, 2.24) is 15.1 Å². The smallest absolute Gasteiger partial charge is 0.257 e. The fraction of sp³-hybridized carbons (Fsp3) is 0.579. The second kappa shape index (κ2) is 9.42. The van der Waals surface area contributed by atoms with Crippen LogP contribution in [-0.4, -0.2) is 68.0 Å². The van der Waals surface area contributed by atoms with Crippen LogP contribution >= 0.6 is 0 Å². The number of nitrogens with zero attached hydrogens (tertiary/aromatic N) is 2. The lowest BCUT2D eigenvalue weighted by Crippen LogP contribution is -2.43. The van der Waals surface area contributed by atoms with Crippen LogP contribution in [0.5, 0.6) is 5.75 Å². The largest absolute Gasteiger partial charge is 0.484 e. The highest BCUT2D eigenvalue weighted by molar-refractivity contribution is 5.81. The van der Waals surface area contributed by atoms with Crippen LogP contribution in [0.3, 0.4) is 0 Å². The Balaban J connectivity index is 1.62. The maximum atomic E-state index is 12.1. The predicted molar refractivity (Wildman–Crippen MR) is 97.6 cm³/mol. The first-order valence-corrected chi connectivity index (χ1v) is 8.89. The number of likely N-dealkylation sites (N-methyl/N-ethyl adjacent to an activating group) is 1. The number of benzene rings is 1. The van der Waals surface area contributed by atoms with Crippen LogP contribution < -0.4 is 10.1 Å². The van der Waals surface area contributed by atoms with Gasteiger partial charge in [0.15, 0.2) is 6.61 Å². The van der Waals surface area contributed by atoms with Gasteiger partial charge >= 0.3 is 0 Å². The third-order valence-electron chi connectivity index (χ3n) is 4.42. The second-order valence-electron chi connectivity index (χ2n) is 6.73. The summed E-state index contributed by atoms with van der Waals surface area (Å²) in [6, 6.07) is 7.62.